The van der Waals surface area contributed by atoms with Crippen molar-refractivity contribution in [3.05, 3.63) is 87.9 Å². The fourth-order valence-corrected chi connectivity index (χ4v) is 3.82. The number of benzene rings is 2. The van der Waals surface area contributed by atoms with Crippen LogP contribution in [0.15, 0.2) is 60.9 Å². The van der Waals surface area contributed by atoms with Crippen molar-refractivity contribution in [2.45, 2.75) is 19.7 Å². The Kier molecular flexibility index (Phi) is 6.23. The quantitative estimate of drug-likeness (QED) is 0.382. The summed E-state index contributed by atoms with van der Waals surface area (Å²) in [6, 6.07) is 15.6. The van der Waals surface area contributed by atoms with Gasteiger partial charge in [0, 0.05) is 28.8 Å². The van der Waals surface area contributed by atoms with Crippen LogP contribution in [-0.2, 0) is 24.4 Å². The van der Waals surface area contributed by atoms with Crippen molar-refractivity contribution < 1.29 is 14.0 Å². The van der Waals surface area contributed by atoms with Crippen LogP contribution in [0.25, 0.3) is 11.0 Å². The number of rotatable bonds is 7. The largest absolute Gasteiger partial charge is 0.497 e. The molecular formula is C23H22Cl2N3O2+. The van der Waals surface area contributed by atoms with Crippen molar-refractivity contribution in [3.8, 4) is 5.75 Å². The van der Waals surface area contributed by atoms with Gasteiger partial charge in [-0.1, -0.05) is 23.2 Å². The van der Waals surface area contributed by atoms with Crippen LogP contribution in [0.4, 0.5) is 0 Å². The van der Waals surface area contributed by atoms with Gasteiger partial charge < -0.3 is 14.0 Å². The monoisotopic (exact) mass is 442 g/mol. The predicted octanol–water partition coefficient (Wildman–Crippen LogP) is 4.88. The van der Waals surface area contributed by atoms with Gasteiger partial charge in [-0.05, 0) is 48.0 Å². The molecule has 30 heavy (non-hydrogen) atoms. The standard InChI is InChI=1S/C23H22Cl2N3O2/c1-29-15-23-26-21-9-10-27(12-16-3-6-19(30-2)7-4-16)14-22(21)28(23)13-17-11-18(24)5-8-20(17)25/h3-11,14H,12-13,15H2,1-2H3/q+1. The number of fused-ring (bicyclic) bond motifs is 1. The molecule has 5 nitrogen and oxygen atoms in total. The number of ether oxygens (including phenoxy) is 2. The second kappa shape index (κ2) is 9.04. The Balaban J connectivity index is 1.72. The lowest BCUT2D eigenvalue weighted by Crippen LogP contribution is -2.33. The van der Waals surface area contributed by atoms with E-state index in [1.165, 1.54) is 5.56 Å². The van der Waals surface area contributed by atoms with E-state index in [0.29, 0.717) is 23.2 Å². The van der Waals surface area contributed by atoms with Gasteiger partial charge in [-0.2, -0.15) is 4.57 Å². The molecule has 0 saturated heterocycles. The first-order chi connectivity index (χ1) is 14.6. The third-order valence-electron chi connectivity index (χ3n) is 4.96. The van der Waals surface area contributed by atoms with Crippen molar-refractivity contribution in [2.24, 2.45) is 0 Å². The molecule has 0 aliphatic rings. The molecule has 4 aromatic rings. The van der Waals surface area contributed by atoms with Crippen LogP contribution in [-0.4, -0.2) is 23.8 Å². The number of halogens is 2. The van der Waals surface area contributed by atoms with E-state index in [0.717, 1.165) is 34.7 Å². The molecule has 0 atom stereocenters. The summed E-state index contributed by atoms with van der Waals surface area (Å²) in [6.07, 6.45) is 4.14. The molecule has 0 aliphatic heterocycles. The number of methoxy groups -OCH3 is 2. The van der Waals surface area contributed by atoms with Gasteiger partial charge in [0.2, 0.25) is 0 Å². The SMILES string of the molecule is COCc1nc2cc[n+](Cc3ccc(OC)cc3)cc2n1Cc1cc(Cl)ccc1Cl. The Morgan fingerprint density at radius 3 is 2.57 bits per heavy atom. The molecule has 0 radical (unpaired) electrons. The Labute approximate surface area is 185 Å². The van der Waals surface area contributed by atoms with E-state index in [2.05, 4.69) is 27.5 Å². The Morgan fingerprint density at radius 1 is 1.03 bits per heavy atom. The summed E-state index contributed by atoms with van der Waals surface area (Å²) in [6.45, 7) is 1.70. The van der Waals surface area contributed by atoms with Crippen LogP contribution < -0.4 is 9.30 Å². The molecule has 0 bridgehead atoms. The van der Waals surface area contributed by atoms with Crippen LogP contribution >= 0.6 is 23.2 Å². The third kappa shape index (κ3) is 4.43. The lowest BCUT2D eigenvalue weighted by atomic mass is 10.2. The molecule has 2 aromatic carbocycles. The van der Waals surface area contributed by atoms with Crippen LogP contribution in [0.1, 0.15) is 17.0 Å². The molecule has 0 spiro atoms. The minimum Gasteiger partial charge on any atom is -0.497 e. The first-order valence-electron chi connectivity index (χ1n) is 9.51. The zero-order valence-corrected chi connectivity index (χ0v) is 18.3. The van der Waals surface area contributed by atoms with E-state index in [9.17, 15) is 0 Å². The first kappa shape index (κ1) is 20.7. The number of aromatic nitrogens is 3. The molecule has 0 fully saturated rings. The molecule has 7 heteroatoms. The summed E-state index contributed by atoms with van der Waals surface area (Å²) in [5, 5.41) is 1.33. The predicted molar refractivity (Wildman–Crippen MR) is 118 cm³/mol. The second-order valence-corrected chi connectivity index (χ2v) is 7.86. The van der Waals surface area contributed by atoms with E-state index in [1.54, 1.807) is 20.3 Å². The number of nitrogens with zero attached hydrogens (tertiary/aromatic N) is 3. The highest BCUT2D eigenvalue weighted by atomic mass is 35.5. The number of hydrogen-bond acceptors (Lipinski definition) is 3. The highest BCUT2D eigenvalue weighted by Gasteiger charge is 2.16. The number of imidazole rings is 1. The van der Waals surface area contributed by atoms with Crippen molar-refractivity contribution in [2.75, 3.05) is 14.2 Å². The van der Waals surface area contributed by atoms with E-state index in [4.69, 9.17) is 37.7 Å². The van der Waals surface area contributed by atoms with Gasteiger partial charge >= 0.3 is 0 Å². The lowest BCUT2D eigenvalue weighted by Gasteiger charge is -2.10. The summed E-state index contributed by atoms with van der Waals surface area (Å²) >= 11 is 12.6. The molecule has 4 rings (SSSR count). The normalized spacial score (nSPS) is 11.2. The number of pyridine rings is 1. The van der Waals surface area contributed by atoms with Crippen molar-refractivity contribution in [1.29, 1.82) is 0 Å². The van der Waals surface area contributed by atoms with Gasteiger partial charge in [0.15, 0.2) is 18.9 Å². The van der Waals surface area contributed by atoms with Crippen molar-refractivity contribution in [1.82, 2.24) is 9.55 Å². The van der Waals surface area contributed by atoms with Gasteiger partial charge in [-0.25, -0.2) is 4.98 Å². The topological polar surface area (TPSA) is 40.2 Å². The molecule has 0 saturated carbocycles. The fraction of sp³-hybridized carbons (Fsp3) is 0.217. The highest BCUT2D eigenvalue weighted by molar-refractivity contribution is 6.33. The van der Waals surface area contributed by atoms with Crippen LogP contribution in [0.5, 0.6) is 5.75 Å². The summed E-state index contributed by atoms with van der Waals surface area (Å²) in [7, 11) is 3.34. The average molecular weight is 443 g/mol. The van der Waals surface area contributed by atoms with Crippen LogP contribution in [0.2, 0.25) is 10.0 Å². The zero-order valence-electron chi connectivity index (χ0n) is 16.8. The lowest BCUT2D eigenvalue weighted by molar-refractivity contribution is -0.687. The van der Waals surface area contributed by atoms with Crippen molar-refractivity contribution >= 4 is 34.2 Å². The van der Waals surface area contributed by atoms with E-state index >= 15 is 0 Å². The first-order valence-corrected chi connectivity index (χ1v) is 10.3. The molecular weight excluding hydrogens is 421 g/mol. The maximum absolute atomic E-state index is 6.42. The summed E-state index contributed by atoms with van der Waals surface area (Å²) < 4.78 is 14.9. The van der Waals surface area contributed by atoms with Gasteiger partial charge in [-0.3, -0.25) is 0 Å². The molecule has 0 amide bonds. The minimum absolute atomic E-state index is 0.408. The summed E-state index contributed by atoms with van der Waals surface area (Å²) in [4.78, 5) is 4.75. The molecule has 2 aromatic heterocycles. The molecule has 0 aliphatic carbocycles. The Bertz CT molecular complexity index is 1170. The average Bonchev–Trinajstić information content (AvgIpc) is 3.08. The highest BCUT2D eigenvalue weighted by Crippen LogP contribution is 2.24. The Morgan fingerprint density at radius 2 is 1.83 bits per heavy atom. The molecule has 2 heterocycles. The molecule has 0 unspecified atom stereocenters. The maximum Gasteiger partial charge on any atom is 0.195 e. The van der Waals surface area contributed by atoms with Gasteiger partial charge in [0.05, 0.1) is 13.7 Å². The molecule has 154 valence electrons. The molecule has 0 N–H and O–H groups in total. The van der Waals surface area contributed by atoms with Crippen molar-refractivity contribution in [3.63, 3.8) is 0 Å². The fourth-order valence-electron chi connectivity index (χ4n) is 3.45. The number of hydrogen-bond donors (Lipinski definition) is 0. The third-order valence-corrected chi connectivity index (χ3v) is 5.56. The Hall–Kier alpha value is -2.60. The summed E-state index contributed by atoms with van der Waals surface area (Å²) in [5.74, 6) is 1.69. The van der Waals surface area contributed by atoms with Gasteiger partial charge in [0.1, 0.15) is 29.2 Å². The van der Waals surface area contributed by atoms with Crippen LogP contribution in [0.3, 0.4) is 0 Å². The van der Waals surface area contributed by atoms with Gasteiger partial charge in [-0.15, -0.1) is 0 Å². The zero-order chi connectivity index (χ0) is 21.1. The van der Waals surface area contributed by atoms with Gasteiger partial charge in [0.25, 0.3) is 0 Å². The second-order valence-electron chi connectivity index (χ2n) is 7.02. The van der Waals surface area contributed by atoms with Crippen LogP contribution in [0, 0.1) is 0 Å². The summed E-state index contributed by atoms with van der Waals surface area (Å²) in [5.41, 5.74) is 4.04. The van der Waals surface area contributed by atoms with E-state index < -0.39 is 0 Å². The minimum atomic E-state index is 0.408. The smallest absolute Gasteiger partial charge is 0.195 e. The van der Waals surface area contributed by atoms with E-state index in [-0.39, 0.29) is 0 Å². The van der Waals surface area contributed by atoms with E-state index in [1.807, 2.05) is 36.5 Å². The maximum atomic E-state index is 6.42.